The summed E-state index contributed by atoms with van der Waals surface area (Å²) in [7, 11) is 0. The Bertz CT molecular complexity index is 329. The first-order valence-electron chi connectivity index (χ1n) is 4.41. The first-order valence-corrected chi connectivity index (χ1v) is 6.59. The van der Waals surface area contributed by atoms with Gasteiger partial charge in [0.05, 0.1) is 9.85 Å². The van der Waals surface area contributed by atoms with Crippen LogP contribution in [0.1, 0.15) is 16.1 Å². The third-order valence-electron chi connectivity index (χ3n) is 1.71. The van der Waals surface area contributed by atoms with Gasteiger partial charge in [0.2, 0.25) is 0 Å². The summed E-state index contributed by atoms with van der Waals surface area (Å²) >= 11 is 10.7. The van der Waals surface area contributed by atoms with Gasteiger partial charge >= 0.3 is 6.18 Å². The van der Waals surface area contributed by atoms with Gasteiger partial charge < -0.3 is 4.74 Å². The van der Waals surface area contributed by atoms with Crippen molar-refractivity contribution in [1.29, 1.82) is 0 Å². The van der Waals surface area contributed by atoms with Gasteiger partial charge in [-0.05, 0) is 17.9 Å². The zero-order chi connectivity index (χ0) is 12.2. The number of hydrogen-bond donors (Lipinski definition) is 0. The van der Waals surface area contributed by atoms with Crippen molar-refractivity contribution in [3.63, 3.8) is 0 Å². The highest BCUT2D eigenvalue weighted by molar-refractivity contribution is 9.09. The quantitative estimate of drug-likeness (QED) is 0.553. The van der Waals surface area contributed by atoms with Crippen molar-refractivity contribution in [2.45, 2.75) is 17.4 Å². The zero-order valence-corrected chi connectivity index (χ0v) is 11.2. The van der Waals surface area contributed by atoms with Gasteiger partial charge in [-0.3, -0.25) is 0 Å². The summed E-state index contributed by atoms with van der Waals surface area (Å²) in [5.41, 5.74) is 0. The molecule has 0 bridgehead atoms. The lowest BCUT2D eigenvalue weighted by Crippen LogP contribution is -2.17. The third-order valence-corrected chi connectivity index (χ3v) is 4.40. The molecule has 0 amide bonds. The van der Waals surface area contributed by atoms with Crippen molar-refractivity contribution < 1.29 is 17.9 Å². The van der Waals surface area contributed by atoms with Crippen LogP contribution in [0.15, 0.2) is 11.4 Å². The highest BCUT2D eigenvalue weighted by Gasteiger charge is 2.27. The maximum Gasteiger partial charge on any atom is 0.411 e. The van der Waals surface area contributed by atoms with Crippen molar-refractivity contribution in [3.8, 4) is 0 Å². The van der Waals surface area contributed by atoms with E-state index in [9.17, 15) is 13.2 Å². The Hall–Kier alpha value is 0.220. The van der Waals surface area contributed by atoms with Crippen LogP contribution in [0.5, 0.6) is 0 Å². The maximum atomic E-state index is 11.8. The number of alkyl halides is 4. The molecule has 1 rings (SSSR count). The molecule has 0 saturated carbocycles. The van der Waals surface area contributed by atoms with Crippen LogP contribution in [0.4, 0.5) is 13.2 Å². The van der Waals surface area contributed by atoms with Crippen LogP contribution in [0.25, 0.3) is 0 Å². The van der Waals surface area contributed by atoms with E-state index < -0.39 is 12.8 Å². The van der Waals surface area contributed by atoms with Crippen LogP contribution < -0.4 is 0 Å². The summed E-state index contributed by atoms with van der Waals surface area (Å²) in [6.45, 7) is -1.16. The van der Waals surface area contributed by atoms with Gasteiger partial charge in [-0.25, -0.2) is 0 Å². The van der Waals surface area contributed by atoms with Crippen molar-refractivity contribution in [2.24, 2.45) is 0 Å². The lowest BCUT2D eigenvalue weighted by Gasteiger charge is -2.10. The van der Waals surface area contributed by atoms with E-state index in [-0.39, 0.29) is 11.4 Å². The third kappa shape index (κ3) is 5.03. The van der Waals surface area contributed by atoms with Crippen LogP contribution in [-0.4, -0.2) is 19.4 Å². The summed E-state index contributed by atoms with van der Waals surface area (Å²) in [6.07, 6.45) is -3.81. The predicted octanol–water partition coefficient (Wildman–Crippen LogP) is 4.81. The second-order valence-corrected chi connectivity index (χ2v) is 5.52. The molecule has 0 fully saturated rings. The smallest absolute Gasteiger partial charge is 0.372 e. The van der Waals surface area contributed by atoms with Gasteiger partial charge in [-0.2, -0.15) is 13.2 Å². The highest BCUT2D eigenvalue weighted by Crippen LogP contribution is 2.36. The first-order chi connectivity index (χ1) is 7.40. The summed E-state index contributed by atoms with van der Waals surface area (Å²) in [4.78, 5) is 0.852. The minimum absolute atomic E-state index is 0.0453. The molecule has 92 valence electrons. The molecule has 0 aliphatic heterocycles. The molecule has 1 atom stereocenters. The molecule has 0 aliphatic rings. The first kappa shape index (κ1) is 14.3. The Labute approximate surface area is 109 Å². The highest BCUT2D eigenvalue weighted by atomic mass is 79.9. The van der Waals surface area contributed by atoms with Crippen molar-refractivity contribution in [1.82, 2.24) is 0 Å². The molecule has 1 unspecified atom stereocenters. The Balaban J connectivity index is 2.26. The minimum atomic E-state index is -4.26. The lowest BCUT2D eigenvalue weighted by atomic mass is 10.3. The Morgan fingerprint density at radius 1 is 1.50 bits per heavy atom. The molecule has 7 heteroatoms. The van der Waals surface area contributed by atoms with Gasteiger partial charge in [-0.15, -0.1) is 11.3 Å². The molecule has 0 saturated heterocycles. The second kappa shape index (κ2) is 6.23. The Morgan fingerprint density at radius 3 is 2.69 bits per heavy atom. The molecule has 1 aromatic heterocycles. The second-order valence-electron chi connectivity index (χ2n) is 3.06. The molecule has 0 radical (unpaired) electrons. The molecule has 1 nitrogen and oxygen atoms in total. The predicted molar refractivity (Wildman–Crippen MR) is 62.5 cm³/mol. The van der Waals surface area contributed by atoms with E-state index in [1.54, 1.807) is 6.07 Å². The Morgan fingerprint density at radius 2 is 2.19 bits per heavy atom. The monoisotopic (exact) mass is 336 g/mol. The fourth-order valence-electron chi connectivity index (χ4n) is 1.03. The topological polar surface area (TPSA) is 9.23 Å². The van der Waals surface area contributed by atoms with Gasteiger partial charge in [-0.1, -0.05) is 27.5 Å². The summed E-state index contributed by atoms with van der Waals surface area (Å²) in [5.74, 6) is 0. The van der Waals surface area contributed by atoms with Crippen LogP contribution in [0.2, 0.25) is 5.02 Å². The van der Waals surface area contributed by atoms with Crippen molar-refractivity contribution >= 4 is 38.9 Å². The number of halogens is 5. The average molecular weight is 338 g/mol. The van der Waals surface area contributed by atoms with E-state index in [1.165, 1.54) is 11.3 Å². The van der Waals surface area contributed by atoms with Crippen molar-refractivity contribution in [3.05, 3.63) is 21.3 Å². The summed E-state index contributed by atoms with van der Waals surface area (Å²) in [6, 6.07) is 1.76. The van der Waals surface area contributed by atoms with E-state index in [2.05, 4.69) is 20.7 Å². The molecular formula is C9H9BrClF3OS. The number of hydrogen-bond acceptors (Lipinski definition) is 2. The number of ether oxygens (including phenoxy) is 1. The Kier molecular flexibility index (Phi) is 5.56. The molecule has 0 N–H and O–H groups in total. The molecule has 0 aliphatic carbocycles. The van der Waals surface area contributed by atoms with E-state index in [0.717, 1.165) is 4.88 Å². The van der Waals surface area contributed by atoms with Gasteiger partial charge in [0.25, 0.3) is 0 Å². The number of rotatable bonds is 5. The number of thiophene rings is 1. The standard InChI is InChI=1S/C9H9BrClF3OS/c10-6(8-7(11)2-4-16-8)1-3-15-5-9(12,13)14/h2,4,6H,1,3,5H2. The van der Waals surface area contributed by atoms with E-state index >= 15 is 0 Å². The van der Waals surface area contributed by atoms with Gasteiger partial charge in [0, 0.05) is 11.5 Å². The molecule has 0 aromatic carbocycles. The van der Waals surface area contributed by atoms with E-state index in [0.29, 0.717) is 11.4 Å². The van der Waals surface area contributed by atoms with Crippen molar-refractivity contribution in [2.75, 3.05) is 13.2 Å². The largest absolute Gasteiger partial charge is 0.411 e. The van der Waals surface area contributed by atoms with Gasteiger partial charge in [0.15, 0.2) is 0 Å². The SMILES string of the molecule is FC(F)(F)COCCC(Br)c1sccc1Cl. The fraction of sp³-hybridized carbons (Fsp3) is 0.556. The van der Waals surface area contributed by atoms with Crippen LogP contribution >= 0.6 is 38.9 Å². The molecule has 1 aromatic rings. The fourth-order valence-corrected chi connectivity index (χ4v) is 3.12. The molecular weight excluding hydrogens is 329 g/mol. The van der Waals surface area contributed by atoms with Crippen LogP contribution in [-0.2, 0) is 4.74 Å². The molecule has 0 spiro atoms. The average Bonchev–Trinajstić information content (AvgIpc) is 2.57. The van der Waals surface area contributed by atoms with Gasteiger partial charge in [0.1, 0.15) is 6.61 Å². The van der Waals surface area contributed by atoms with E-state index in [1.807, 2.05) is 5.38 Å². The lowest BCUT2D eigenvalue weighted by molar-refractivity contribution is -0.174. The van der Waals surface area contributed by atoms with E-state index in [4.69, 9.17) is 11.6 Å². The summed E-state index contributed by atoms with van der Waals surface area (Å²) in [5, 5.41) is 2.46. The van der Waals surface area contributed by atoms with Crippen LogP contribution in [0, 0.1) is 0 Å². The normalized spacial score (nSPS) is 14.1. The molecule has 16 heavy (non-hydrogen) atoms. The maximum absolute atomic E-state index is 11.8. The zero-order valence-electron chi connectivity index (χ0n) is 8.06. The van der Waals surface area contributed by atoms with Crippen LogP contribution in [0.3, 0.4) is 0 Å². The minimum Gasteiger partial charge on any atom is -0.372 e. The summed E-state index contributed by atoms with van der Waals surface area (Å²) < 4.78 is 39.8. The molecule has 1 heterocycles.